The molecule has 1 fully saturated rings. The van der Waals surface area contributed by atoms with Crippen molar-refractivity contribution in [3.63, 3.8) is 0 Å². The molecule has 1 N–H and O–H groups in total. The lowest BCUT2D eigenvalue weighted by Crippen LogP contribution is -2.63. The van der Waals surface area contributed by atoms with Crippen molar-refractivity contribution in [2.75, 3.05) is 27.2 Å². The Morgan fingerprint density at radius 3 is 2.59 bits per heavy atom. The third-order valence-electron chi connectivity index (χ3n) is 5.00. The lowest BCUT2D eigenvalue weighted by Gasteiger charge is -2.49. The van der Waals surface area contributed by atoms with Crippen molar-refractivity contribution in [1.29, 1.82) is 0 Å². The highest BCUT2D eigenvalue weighted by Crippen LogP contribution is 2.36. The molecule has 1 saturated heterocycles. The molecule has 0 radical (unpaired) electrons. The highest BCUT2D eigenvalue weighted by molar-refractivity contribution is 5.89. The van der Waals surface area contributed by atoms with Crippen molar-refractivity contribution in [1.82, 2.24) is 10.2 Å². The van der Waals surface area contributed by atoms with Gasteiger partial charge in [-0.15, -0.1) is 0 Å². The van der Waals surface area contributed by atoms with Gasteiger partial charge in [-0.2, -0.15) is 0 Å². The van der Waals surface area contributed by atoms with E-state index in [0.29, 0.717) is 37.2 Å². The number of benzene rings is 2. The first kappa shape index (κ1) is 19.0. The predicted octanol–water partition coefficient (Wildman–Crippen LogP) is 2.40. The first-order valence-corrected chi connectivity index (χ1v) is 8.82. The standard InChI is InChI=1S/C21H23FN2O3/c1-23-20(26)21(11-17-7-3-4-9-18(17)22)13-24(14-21)12-15-6-5-8-16(10-15)19(25)27-2/h3-10H,11-14H2,1-2H3,(H,23,26). The number of ether oxygens (including phenoxy) is 1. The van der Waals surface area contributed by atoms with Crippen LogP contribution in [0.25, 0.3) is 0 Å². The van der Waals surface area contributed by atoms with E-state index in [4.69, 9.17) is 4.74 Å². The maximum Gasteiger partial charge on any atom is 0.337 e. The number of carbonyl (C=O) groups is 2. The molecule has 142 valence electrons. The van der Waals surface area contributed by atoms with Gasteiger partial charge in [-0.3, -0.25) is 9.69 Å². The molecule has 0 atom stereocenters. The molecular weight excluding hydrogens is 347 g/mol. The van der Waals surface area contributed by atoms with Gasteiger partial charge in [0.05, 0.1) is 18.1 Å². The van der Waals surface area contributed by atoms with Crippen LogP contribution in [0.3, 0.4) is 0 Å². The van der Waals surface area contributed by atoms with Crippen LogP contribution in [0.5, 0.6) is 0 Å². The van der Waals surface area contributed by atoms with E-state index >= 15 is 0 Å². The summed E-state index contributed by atoms with van der Waals surface area (Å²) >= 11 is 0. The summed E-state index contributed by atoms with van der Waals surface area (Å²) in [5.41, 5.74) is 1.37. The van der Waals surface area contributed by atoms with Crippen molar-refractivity contribution < 1.29 is 18.7 Å². The van der Waals surface area contributed by atoms with Crippen LogP contribution >= 0.6 is 0 Å². The summed E-state index contributed by atoms with van der Waals surface area (Å²) in [5, 5.41) is 2.71. The Labute approximate surface area is 158 Å². The van der Waals surface area contributed by atoms with E-state index in [2.05, 4.69) is 10.2 Å². The molecular formula is C21H23FN2O3. The average Bonchev–Trinajstić information content (AvgIpc) is 2.66. The zero-order chi connectivity index (χ0) is 19.4. The second-order valence-electron chi connectivity index (χ2n) is 6.96. The zero-order valence-corrected chi connectivity index (χ0v) is 15.5. The fourth-order valence-electron chi connectivity index (χ4n) is 3.70. The number of nitrogens with one attached hydrogen (secondary N) is 1. The van der Waals surface area contributed by atoms with Gasteiger partial charge >= 0.3 is 5.97 Å². The van der Waals surface area contributed by atoms with Gasteiger partial charge in [-0.1, -0.05) is 30.3 Å². The number of likely N-dealkylation sites (tertiary alicyclic amines) is 1. The minimum Gasteiger partial charge on any atom is -0.465 e. The minimum atomic E-state index is -0.642. The lowest BCUT2D eigenvalue weighted by molar-refractivity contribution is -0.142. The number of nitrogens with zero attached hydrogens (tertiary/aromatic N) is 1. The summed E-state index contributed by atoms with van der Waals surface area (Å²) in [5.74, 6) is -0.741. The number of rotatable bonds is 6. The molecule has 0 bridgehead atoms. The first-order valence-electron chi connectivity index (χ1n) is 8.82. The monoisotopic (exact) mass is 370 g/mol. The maximum absolute atomic E-state index is 14.1. The van der Waals surface area contributed by atoms with Crippen molar-refractivity contribution in [3.8, 4) is 0 Å². The smallest absolute Gasteiger partial charge is 0.337 e. The SMILES string of the molecule is CNC(=O)C1(Cc2ccccc2F)CN(Cc2cccc(C(=O)OC)c2)C1. The number of esters is 1. The van der Waals surface area contributed by atoms with Crippen molar-refractivity contribution in [3.05, 3.63) is 71.0 Å². The van der Waals surface area contributed by atoms with E-state index in [1.807, 2.05) is 12.1 Å². The van der Waals surface area contributed by atoms with Crippen LogP contribution in [0.1, 0.15) is 21.5 Å². The Morgan fingerprint density at radius 1 is 1.19 bits per heavy atom. The van der Waals surface area contributed by atoms with Crippen LogP contribution in [0.4, 0.5) is 4.39 Å². The maximum atomic E-state index is 14.1. The Balaban J connectivity index is 1.71. The third kappa shape index (κ3) is 4.01. The molecule has 27 heavy (non-hydrogen) atoms. The van der Waals surface area contributed by atoms with Gasteiger partial charge in [-0.05, 0) is 35.7 Å². The van der Waals surface area contributed by atoms with E-state index in [0.717, 1.165) is 5.56 Å². The van der Waals surface area contributed by atoms with Crippen LogP contribution in [0, 0.1) is 11.2 Å². The molecule has 5 nitrogen and oxygen atoms in total. The lowest BCUT2D eigenvalue weighted by atomic mass is 9.73. The largest absolute Gasteiger partial charge is 0.465 e. The Morgan fingerprint density at radius 2 is 1.93 bits per heavy atom. The summed E-state index contributed by atoms with van der Waals surface area (Å²) in [7, 11) is 2.96. The van der Waals surface area contributed by atoms with Gasteiger partial charge < -0.3 is 10.1 Å². The van der Waals surface area contributed by atoms with Crippen molar-refractivity contribution in [2.24, 2.45) is 5.41 Å². The number of hydrogen-bond acceptors (Lipinski definition) is 4. The topological polar surface area (TPSA) is 58.6 Å². The molecule has 0 unspecified atom stereocenters. The Bertz CT molecular complexity index is 847. The van der Waals surface area contributed by atoms with Gasteiger partial charge in [0, 0.05) is 26.7 Å². The molecule has 1 heterocycles. The molecule has 2 aromatic rings. The molecule has 0 saturated carbocycles. The van der Waals surface area contributed by atoms with Crippen LogP contribution < -0.4 is 5.32 Å². The Hall–Kier alpha value is -2.73. The van der Waals surface area contributed by atoms with Crippen LogP contribution in [-0.4, -0.2) is 44.0 Å². The number of halogens is 1. The van der Waals surface area contributed by atoms with Crippen LogP contribution in [-0.2, 0) is 22.5 Å². The van der Waals surface area contributed by atoms with Gasteiger partial charge in [0.15, 0.2) is 0 Å². The van der Waals surface area contributed by atoms with Crippen LogP contribution in [0.15, 0.2) is 48.5 Å². The third-order valence-corrected chi connectivity index (χ3v) is 5.00. The van der Waals surface area contributed by atoms with Gasteiger partial charge in [0.25, 0.3) is 0 Å². The number of methoxy groups -OCH3 is 1. The normalized spacial score (nSPS) is 15.7. The molecule has 1 amide bonds. The van der Waals surface area contributed by atoms with Crippen LogP contribution in [0.2, 0.25) is 0 Å². The molecule has 0 aromatic heterocycles. The molecule has 0 aliphatic carbocycles. The van der Waals surface area contributed by atoms with E-state index < -0.39 is 5.41 Å². The van der Waals surface area contributed by atoms with Gasteiger partial charge in [-0.25, -0.2) is 9.18 Å². The molecule has 2 aromatic carbocycles. The summed E-state index contributed by atoms with van der Waals surface area (Å²) < 4.78 is 18.8. The van der Waals surface area contributed by atoms with Gasteiger partial charge in [0.1, 0.15) is 5.82 Å². The quantitative estimate of drug-likeness (QED) is 0.794. The number of carbonyl (C=O) groups excluding carboxylic acids is 2. The first-order chi connectivity index (χ1) is 13.0. The highest BCUT2D eigenvalue weighted by Gasteiger charge is 2.48. The molecule has 3 rings (SSSR count). The molecule has 1 aliphatic rings. The average molecular weight is 370 g/mol. The summed E-state index contributed by atoms with van der Waals surface area (Å²) in [6, 6.07) is 13.8. The summed E-state index contributed by atoms with van der Waals surface area (Å²) in [4.78, 5) is 26.3. The minimum absolute atomic E-state index is 0.0784. The summed E-state index contributed by atoms with van der Waals surface area (Å²) in [6.07, 6.45) is 0.359. The molecule has 0 spiro atoms. The zero-order valence-electron chi connectivity index (χ0n) is 15.5. The van der Waals surface area contributed by atoms with E-state index in [1.54, 1.807) is 37.4 Å². The molecule has 6 heteroatoms. The van der Waals surface area contributed by atoms with Gasteiger partial charge in [0.2, 0.25) is 5.91 Å². The molecule has 1 aliphatic heterocycles. The predicted molar refractivity (Wildman–Crippen MR) is 99.7 cm³/mol. The van der Waals surface area contributed by atoms with Crippen molar-refractivity contribution in [2.45, 2.75) is 13.0 Å². The van der Waals surface area contributed by atoms with E-state index in [9.17, 15) is 14.0 Å². The second kappa shape index (κ2) is 7.88. The number of amides is 1. The summed E-state index contributed by atoms with van der Waals surface area (Å²) in [6.45, 7) is 1.67. The number of hydrogen-bond donors (Lipinski definition) is 1. The Kier molecular flexibility index (Phi) is 5.56. The fraction of sp³-hybridized carbons (Fsp3) is 0.333. The second-order valence-corrected chi connectivity index (χ2v) is 6.96. The highest BCUT2D eigenvalue weighted by atomic mass is 19.1. The van der Waals surface area contributed by atoms with E-state index in [-0.39, 0.29) is 17.7 Å². The fourth-order valence-corrected chi connectivity index (χ4v) is 3.70. The van der Waals surface area contributed by atoms with Crippen molar-refractivity contribution >= 4 is 11.9 Å². The van der Waals surface area contributed by atoms with E-state index in [1.165, 1.54) is 13.2 Å².